The number of carbonyl (C=O) groups is 2. The number of furan rings is 1. The average Bonchev–Trinajstić information content (AvgIpc) is 3.46. The lowest BCUT2D eigenvalue weighted by Gasteiger charge is -2.15. The van der Waals surface area contributed by atoms with Gasteiger partial charge in [0.05, 0.1) is 41.2 Å². The second kappa shape index (κ2) is 7.51. The lowest BCUT2D eigenvalue weighted by molar-refractivity contribution is -0.121. The summed E-state index contributed by atoms with van der Waals surface area (Å²) >= 11 is 1.63. The van der Waals surface area contributed by atoms with E-state index in [1.807, 2.05) is 24.3 Å². The molecule has 2 amide bonds. The first-order valence-electron chi connectivity index (χ1n) is 9.69. The van der Waals surface area contributed by atoms with Gasteiger partial charge < -0.3 is 4.42 Å². The Kier molecular flexibility index (Phi) is 4.69. The Bertz CT molecular complexity index is 1230. The molecule has 0 bridgehead atoms. The van der Waals surface area contributed by atoms with Crippen molar-refractivity contribution >= 4 is 39.1 Å². The van der Waals surface area contributed by atoms with Crippen molar-refractivity contribution in [2.45, 2.75) is 25.9 Å². The number of hydrogen-bond donors (Lipinski definition) is 1. The minimum Gasteiger partial charge on any atom is -0.468 e. The van der Waals surface area contributed by atoms with Gasteiger partial charge in [0.2, 0.25) is 5.91 Å². The minimum absolute atomic E-state index is 0.137. The van der Waals surface area contributed by atoms with Gasteiger partial charge in [-0.1, -0.05) is 6.07 Å². The summed E-state index contributed by atoms with van der Waals surface area (Å²) in [6.07, 6.45) is 1.72. The Hall–Kier alpha value is -3.29. The van der Waals surface area contributed by atoms with E-state index in [9.17, 15) is 9.59 Å². The van der Waals surface area contributed by atoms with E-state index in [4.69, 9.17) is 9.40 Å². The van der Waals surface area contributed by atoms with Crippen LogP contribution in [0.25, 0.3) is 20.8 Å². The number of rotatable bonds is 5. The van der Waals surface area contributed by atoms with Crippen molar-refractivity contribution in [3.05, 3.63) is 72.2 Å². The van der Waals surface area contributed by atoms with Crippen molar-refractivity contribution in [1.82, 2.24) is 10.3 Å². The monoisotopic (exact) mass is 417 g/mol. The third-order valence-electron chi connectivity index (χ3n) is 5.17. The molecule has 0 saturated carbocycles. The van der Waals surface area contributed by atoms with Gasteiger partial charge in [-0.15, -0.1) is 11.3 Å². The van der Waals surface area contributed by atoms with Gasteiger partial charge in [0.25, 0.3) is 5.91 Å². The molecule has 1 fully saturated rings. The number of nitrogens with one attached hydrogen (secondary N) is 1. The van der Waals surface area contributed by atoms with E-state index < -0.39 is 6.04 Å². The van der Waals surface area contributed by atoms with Crippen molar-refractivity contribution < 1.29 is 14.0 Å². The second-order valence-electron chi connectivity index (χ2n) is 7.32. The fourth-order valence-corrected chi connectivity index (χ4v) is 4.68. The third kappa shape index (κ3) is 3.42. The highest BCUT2D eigenvalue weighted by molar-refractivity contribution is 7.21. The third-order valence-corrected chi connectivity index (χ3v) is 6.23. The molecule has 0 aliphatic carbocycles. The van der Waals surface area contributed by atoms with Gasteiger partial charge in [-0.3, -0.25) is 14.9 Å². The minimum atomic E-state index is -0.547. The molecule has 30 heavy (non-hydrogen) atoms. The lowest BCUT2D eigenvalue weighted by Crippen LogP contribution is -2.38. The highest BCUT2D eigenvalue weighted by Gasteiger charge is 2.39. The molecule has 1 aliphatic rings. The van der Waals surface area contributed by atoms with Gasteiger partial charge in [0.1, 0.15) is 10.8 Å². The van der Waals surface area contributed by atoms with E-state index in [1.54, 1.807) is 35.8 Å². The molecular weight excluding hydrogens is 398 g/mol. The average molecular weight is 417 g/mol. The van der Waals surface area contributed by atoms with Gasteiger partial charge in [0, 0.05) is 5.56 Å². The van der Waals surface area contributed by atoms with Crippen LogP contribution in [0.2, 0.25) is 0 Å². The Labute approximate surface area is 177 Å². The summed E-state index contributed by atoms with van der Waals surface area (Å²) in [7, 11) is 0. The van der Waals surface area contributed by atoms with Crippen LogP contribution >= 0.6 is 11.3 Å². The number of nitrogens with zero attached hydrogens (tertiary/aromatic N) is 2. The number of carbonyl (C=O) groups excluding carboxylic acids is 2. The van der Waals surface area contributed by atoms with Crippen LogP contribution in [0.3, 0.4) is 0 Å². The molecule has 2 aromatic carbocycles. The molecular formula is C23H19N3O3S. The summed E-state index contributed by atoms with van der Waals surface area (Å²) in [6.45, 7) is 2.47. The van der Waals surface area contributed by atoms with E-state index in [-0.39, 0.29) is 18.2 Å². The molecule has 150 valence electrons. The molecule has 0 spiro atoms. The van der Waals surface area contributed by atoms with Crippen LogP contribution < -0.4 is 10.2 Å². The number of fused-ring (bicyclic) bond motifs is 1. The highest BCUT2D eigenvalue weighted by atomic mass is 32.1. The number of anilines is 1. The summed E-state index contributed by atoms with van der Waals surface area (Å²) in [6, 6.07) is 16.7. The number of amides is 2. The maximum Gasteiger partial charge on any atom is 0.251 e. The van der Waals surface area contributed by atoms with Gasteiger partial charge in [-0.2, -0.15) is 0 Å². The topological polar surface area (TPSA) is 75.4 Å². The predicted molar refractivity (Wildman–Crippen MR) is 116 cm³/mol. The number of thiazole rings is 1. The summed E-state index contributed by atoms with van der Waals surface area (Å²) in [5.41, 5.74) is 3.71. The van der Waals surface area contributed by atoms with Crippen molar-refractivity contribution in [3.8, 4) is 10.6 Å². The van der Waals surface area contributed by atoms with Gasteiger partial charge >= 0.3 is 0 Å². The lowest BCUT2D eigenvalue weighted by atomic mass is 10.2. The van der Waals surface area contributed by atoms with Crippen LogP contribution in [0.1, 0.15) is 17.7 Å². The van der Waals surface area contributed by atoms with E-state index >= 15 is 0 Å². The smallest absolute Gasteiger partial charge is 0.251 e. The van der Waals surface area contributed by atoms with Crippen LogP contribution in [-0.4, -0.2) is 22.8 Å². The van der Waals surface area contributed by atoms with Gasteiger partial charge in [-0.05, 0) is 61.0 Å². The molecule has 4 aromatic rings. The van der Waals surface area contributed by atoms with Crippen LogP contribution in [0.15, 0.2) is 65.3 Å². The molecule has 7 heteroatoms. The fourth-order valence-electron chi connectivity index (χ4n) is 3.61. The number of imide groups is 1. The van der Waals surface area contributed by atoms with Crippen LogP contribution in [0.4, 0.5) is 5.69 Å². The largest absolute Gasteiger partial charge is 0.468 e. The predicted octanol–water partition coefficient (Wildman–Crippen LogP) is 4.29. The first kappa shape index (κ1) is 18.7. The quantitative estimate of drug-likeness (QED) is 0.491. The molecule has 0 radical (unpaired) electrons. The first-order chi connectivity index (χ1) is 14.6. The first-order valence-corrected chi connectivity index (χ1v) is 10.5. The standard InChI is InChI=1S/C23H19N3O3S/c1-14-4-9-18-20(11-14)30-22(25-18)15-5-7-16(8-6-15)26-21(27)12-19(23(26)28)24-13-17-3-2-10-29-17/h2-11,19,24H,12-13H2,1H3. The number of aryl methyl sites for hydroxylation is 1. The Morgan fingerprint density at radius 1 is 1.17 bits per heavy atom. The van der Waals surface area contributed by atoms with Gasteiger partial charge in [0.15, 0.2) is 0 Å². The zero-order chi connectivity index (χ0) is 20.7. The molecule has 2 aromatic heterocycles. The molecule has 5 rings (SSSR count). The van der Waals surface area contributed by atoms with E-state index in [0.717, 1.165) is 26.5 Å². The molecule has 6 nitrogen and oxygen atoms in total. The number of aromatic nitrogens is 1. The van der Waals surface area contributed by atoms with Crippen LogP contribution in [0.5, 0.6) is 0 Å². The molecule has 1 aliphatic heterocycles. The molecule has 1 unspecified atom stereocenters. The van der Waals surface area contributed by atoms with E-state index in [0.29, 0.717) is 12.2 Å². The molecule has 1 saturated heterocycles. The maximum atomic E-state index is 12.8. The normalized spacial score (nSPS) is 16.7. The Balaban J connectivity index is 1.34. The van der Waals surface area contributed by atoms with Crippen molar-refractivity contribution in [3.63, 3.8) is 0 Å². The SMILES string of the molecule is Cc1ccc2nc(-c3ccc(N4C(=O)CC(NCc5ccco5)C4=O)cc3)sc2c1. The second-order valence-corrected chi connectivity index (χ2v) is 8.35. The van der Waals surface area contributed by atoms with Crippen molar-refractivity contribution in [2.24, 2.45) is 0 Å². The summed E-state index contributed by atoms with van der Waals surface area (Å²) in [5.74, 6) is 0.277. The van der Waals surface area contributed by atoms with Crippen LogP contribution in [-0.2, 0) is 16.1 Å². The Morgan fingerprint density at radius 3 is 2.77 bits per heavy atom. The Morgan fingerprint density at radius 2 is 2.00 bits per heavy atom. The molecule has 1 atom stereocenters. The fraction of sp³-hybridized carbons (Fsp3) is 0.174. The maximum absolute atomic E-state index is 12.8. The molecule has 1 N–H and O–H groups in total. The van der Waals surface area contributed by atoms with E-state index in [2.05, 4.69) is 24.4 Å². The summed E-state index contributed by atoms with van der Waals surface area (Å²) in [5, 5.41) is 4.02. The zero-order valence-corrected chi connectivity index (χ0v) is 17.1. The number of benzene rings is 2. The van der Waals surface area contributed by atoms with E-state index in [1.165, 1.54) is 10.5 Å². The zero-order valence-electron chi connectivity index (χ0n) is 16.3. The summed E-state index contributed by atoms with van der Waals surface area (Å²) in [4.78, 5) is 31.2. The van der Waals surface area contributed by atoms with Crippen molar-refractivity contribution in [2.75, 3.05) is 4.90 Å². The van der Waals surface area contributed by atoms with Crippen LogP contribution in [0, 0.1) is 6.92 Å². The summed E-state index contributed by atoms with van der Waals surface area (Å²) < 4.78 is 6.42. The van der Waals surface area contributed by atoms with Crippen molar-refractivity contribution in [1.29, 1.82) is 0 Å². The van der Waals surface area contributed by atoms with Gasteiger partial charge in [-0.25, -0.2) is 9.88 Å². The highest BCUT2D eigenvalue weighted by Crippen LogP contribution is 2.32. The molecule has 3 heterocycles. The number of hydrogen-bond acceptors (Lipinski definition) is 6.